The van der Waals surface area contributed by atoms with Crippen molar-refractivity contribution in [1.29, 1.82) is 0 Å². The highest BCUT2D eigenvalue weighted by atomic mass is 16.3. The molecule has 0 spiro atoms. The Morgan fingerprint density at radius 3 is 2.50 bits per heavy atom. The Morgan fingerprint density at radius 1 is 1.06 bits per heavy atom. The first-order chi connectivity index (χ1) is 16.5. The fraction of sp³-hybridized carbons (Fsp3) is 0.370. The van der Waals surface area contributed by atoms with Crippen molar-refractivity contribution in [3.8, 4) is 11.3 Å². The number of nitrogens with zero attached hydrogens (tertiary/aromatic N) is 1. The van der Waals surface area contributed by atoms with Gasteiger partial charge in [0.05, 0.1) is 17.5 Å². The van der Waals surface area contributed by atoms with Gasteiger partial charge >= 0.3 is 0 Å². The highest BCUT2D eigenvalue weighted by Crippen LogP contribution is 2.27. The molecule has 0 saturated carbocycles. The molecule has 2 heterocycles. The minimum absolute atomic E-state index is 0.00322. The van der Waals surface area contributed by atoms with Crippen molar-refractivity contribution in [2.45, 2.75) is 39.2 Å². The molecular formula is C27H31N3O4. The highest BCUT2D eigenvalue weighted by molar-refractivity contribution is 6.05. The molecule has 1 aliphatic rings. The summed E-state index contributed by atoms with van der Waals surface area (Å²) in [6.45, 7) is 6.34. The van der Waals surface area contributed by atoms with Gasteiger partial charge in [0, 0.05) is 36.8 Å². The van der Waals surface area contributed by atoms with E-state index in [1.807, 2.05) is 37.3 Å². The summed E-state index contributed by atoms with van der Waals surface area (Å²) in [5.74, 6) is 0.267. The Labute approximate surface area is 199 Å². The van der Waals surface area contributed by atoms with Gasteiger partial charge in [0.15, 0.2) is 11.0 Å². The van der Waals surface area contributed by atoms with Gasteiger partial charge in [-0.3, -0.25) is 19.3 Å². The first kappa shape index (κ1) is 23.7. The lowest BCUT2D eigenvalue weighted by atomic mass is 10.0. The number of rotatable bonds is 7. The van der Waals surface area contributed by atoms with Crippen LogP contribution in [-0.4, -0.2) is 48.9 Å². The van der Waals surface area contributed by atoms with Crippen LogP contribution in [0.2, 0.25) is 0 Å². The van der Waals surface area contributed by atoms with Crippen molar-refractivity contribution in [2.24, 2.45) is 0 Å². The number of hydrogen-bond acceptors (Lipinski definition) is 5. The maximum atomic E-state index is 13.2. The van der Waals surface area contributed by atoms with Crippen LogP contribution in [0, 0.1) is 6.92 Å². The first-order valence-corrected chi connectivity index (χ1v) is 11.9. The van der Waals surface area contributed by atoms with Crippen LogP contribution >= 0.6 is 0 Å². The van der Waals surface area contributed by atoms with Crippen molar-refractivity contribution in [3.05, 3.63) is 69.9 Å². The summed E-state index contributed by atoms with van der Waals surface area (Å²) >= 11 is 0. The van der Waals surface area contributed by atoms with Crippen LogP contribution in [0.1, 0.15) is 42.1 Å². The van der Waals surface area contributed by atoms with E-state index < -0.39 is 0 Å². The SMILES string of the molecule is CCCNC(=O)CN1CCC(NC(=O)c2cccc3c(=O)c(C)c(-c4ccccc4)oc23)CC1. The third kappa shape index (κ3) is 5.20. The third-order valence-corrected chi connectivity index (χ3v) is 6.29. The second kappa shape index (κ2) is 10.7. The lowest BCUT2D eigenvalue weighted by Gasteiger charge is -2.31. The van der Waals surface area contributed by atoms with E-state index in [1.165, 1.54) is 0 Å². The van der Waals surface area contributed by atoms with Crippen molar-refractivity contribution in [1.82, 2.24) is 15.5 Å². The van der Waals surface area contributed by atoms with Crippen LogP contribution in [0.3, 0.4) is 0 Å². The molecule has 1 fully saturated rings. The van der Waals surface area contributed by atoms with Crippen molar-refractivity contribution in [3.63, 3.8) is 0 Å². The number of para-hydroxylation sites is 1. The second-order valence-corrected chi connectivity index (χ2v) is 8.81. The number of fused-ring (bicyclic) bond motifs is 1. The van der Waals surface area contributed by atoms with Gasteiger partial charge in [0.2, 0.25) is 5.91 Å². The number of carbonyl (C=O) groups excluding carboxylic acids is 2. The third-order valence-electron chi connectivity index (χ3n) is 6.29. The largest absolute Gasteiger partial charge is 0.455 e. The Morgan fingerprint density at radius 2 is 1.79 bits per heavy atom. The van der Waals surface area contributed by atoms with Crippen LogP contribution < -0.4 is 16.1 Å². The van der Waals surface area contributed by atoms with Crippen LogP contribution in [0.4, 0.5) is 0 Å². The predicted molar refractivity (Wildman–Crippen MR) is 133 cm³/mol. The van der Waals surface area contributed by atoms with Gasteiger partial charge < -0.3 is 15.1 Å². The summed E-state index contributed by atoms with van der Waals surface area (Å²) in [4.78, 5) is 40.3. The molecule has 2 N–H and O–H groups in total. The molecule has 0 aliphatic carbocycles. The van der Waals surface area contributed by atoms with E-state index >= 15 is 0 Å². The molecule has 1 aliphatic heterocycles. The molecule has 4 rings (SSSR count). The zero-order valence-electron chi connectivity index (χ0n) is 19.7. The van der Waals surface area contributed by atoms with Gasteiger partial charge in [0.25, 0.3) is 5.91 Å². The van der Waals surface area contributed by atoms with Crippen LogP contribution in [0.5, 0.6) is 0 Å². The molecule has 1 aromatic heterocycles. The number of hydrogen-bond donors (Lipinski definition) is 2. The molecule has 178 valence electrons. The normalized spacial score (nSPS) is 14.8. The van der Waals surface area contributed by atoms with Gasteiger partial charge in [0.1, 0.15) is 5.76 Å². The molecule has 2 aromatic carbocycles. The molecule has 1 saturated heterocycles. The van der Waals surface area contributed by atoms with Gasteiger partial charge in [-0.15, -0.1) is 0 Å². The maximum absolute atomic E-state index is 13.2. The molecular weight excluding hydrogens is 430 g/mol. The summed E-state index contributed by atoms with van der Waals surface area (Å²) in [5, 5.41) is 6.40. The Bertz CT molecular complexity index is 1230. The van der Waals surface area contributed by atoms with Gasteiger partial charge in [-0.2, -0.15) is 0 Å². The van der Waals surface area contributed by atoms with Crippen LogP contribution in [0.25, 0.3) is 22.3 Å². The molecule has 0 unspecified atom stereocenters. The van der Waals surface area contributed by atoms with Crippen LogP contribution in [-0.2, 0) is 4.79 Å². The monoisotopic (exact) mass is 461 g/mol. The average molecular weight is 462 g/mol. The lowest BCUT2D eigenvalue weighted by molar-refractivity contribution is -0.122. The molecule has 0 radical (unpaired) electrons. The number of amides is 2. The molecule has 0 atom stereocenters. The van der Waals surface area contributed by atoms with E-state index in [0.29, 0.717) is 40.9 Å². The van der Waals surface area contributed by atoms with E-state index in [-0.39, 0.29) is 23.3 Å². The maximum Gasteiger partial charge on any atom is 0.255 e. The van der Waals surface area contributed by atoms with Gasteiger partial charge in [-0.25, -0.2) is 0 Å². The number of likely N-dealkylation sites (tertiary alicyclic amines) is 1. The second-order valence-electron chi connectivity index (χ2n) is 8.81. The topological polar surface area (TPSA) is 91.7 Å². The standard InChI is InChI=1S/C27H31N3O4/c1-3-14-28-23(31)17-30-15-12-20(13-16-30)29-27(33)22-11-7-10-21-24(32)18(2)25(34-26(21)22)19-8-5-4-6-9-19/h4-11,20H,3,12-17H2,1-2H3,(H,28,31)(H,29,33). The van der Waals surface area contributed by atoms with Crippen molar-refractivity contribution in [2.75, 3.05) is 26.2 Å². The fourth-order valence-electron chi connectivity index (χ4n) is 4.38. The predicted octanol–water partition coefficient (Wildman–Crippen LogP) is 3.49. The summed E-state index contributed by atoms with van der Waals surface area (Å²) < 4.78 is 6.18. The van der Waals surface area contributed by atoms with Gasteiger partial charge in [-0.1, -0.05) is 43.3 Å². The quantitative estimate of drug-likeness (QED) is 0.562. The first-order valence-electron chi connectivity index (χ1n) is 11.9. The Kier molecular flexibility index (Phi) is 7.43. The summed E-state index contributed by atoms with van der Waals surface area (Å²) in [6, 6.07) is 14.6. The summed E-state index contributed by atoms with van der Waals surface area (Å²) in [7, 11) is 0. The minimum Gasteiger partial charge on any atom is -0.455 e. The minimum atomic E-state index is -0.254. The smallest absolute Gasteiger partial charge is 0.255 e. The van der Waals surface area contributed by atoms with E-state index in [2.05, 4.69) is 15.5 Å². The fourth-order valence-corrected chi connectivity index (χ4v) is 4.38. The van der Waals surface area contributed by atoms with E-state index in [1.54, 1.807) is 25.1 Å². The Hall–Kier alpha value is -3.45. The average Bonchev–Trinajstić information content (AvgIpc) is 2.86. The molecule has 34 heavy (non-hydrogen) atoms. The summed E-state index contributed by atoms with van der Waals surface area (Å²) in [5.41, 5.74) is 1.84. The molecule has 7 nitrogen and oxygen atoms in total. The van der Waals surface area contributed by atoms with Crippen LogP contribution in [0.15, 0.2) is 57.7 Å². The molecule has 7 heteroatoms. The zero-order valence-corrected chi connectivity index (χ0v) is 19.7. The highest BCUT2D eigenvalue weighted by Gasteiger charge is 2.24. The van der Waals surface area contributed by atoms with Crippen molar-refractivity contribution < 1.29 is 14.0 Å². The Balaban J connectivity index is 1.50. The van der Waals surface area contributed by atoms with E-state index in [9.17, 15) is 14.4 Å². The van der Waals surface area contributed by atoms with E-state index in [4.69, 9.17) is 4.42 Å². The number of benzene rings is 2. The number of piperidine rings is 1. The van der Waals surface area contributed by atoms with Crippen molar-refractivity contribution >= 4 is 22.8 Å². The molecule has 0 bridgehead atoms. The summed E-state index contributed by atoms with van der Waals surface area (Å²) in [6.07, 6.45) is 2.44. The van der Waals surface area contributed by atoms with Gasteiger partial charge in [-0.05, 0) is 38.3 Å². The number of carbonyl (C=O) groups is 2. The molecule has 3 aromatic rings. The van der Waals surface area contributed by atoms with E-state index in [0.717, 1.165) is 37.9 Å². The number of nitrogens with one attached hydrogen (secondary N) is 2. The zero-order chi connectivity index (χ0) is 24.1. The lowest BCUT2D eigenvalue weighted by Crippen LogP contribution is -2.47. The molecule has 2 amide bonds.